The molecule has 1 atom stereocenters. The third kappa shape index (κ3) is 3.26. The molecule has 0 unspecified atom stereocenters. The van der Waals surface area contributed by atoms with Gasteiger partial charge < -0.3 is 15.5 Å². The van der Waals surface area contributed by atoms with E-state index in [9.17, 15) is 0 Å². The zero-order chi connectivity index (χ0) is 16.0. The minimum Gasteiger partial charge on any atom is -0.360 e. The molecule has 0 aromatic rings. The van der Waals surface area contributed by atoms with Gasteiger partial charge in [0.25, 0.3) is 0 Å². The van der Waals surface area contributed by atoms with Gasteiger partial charge in [-0.05, 0) is 114 Å². The van der Waals surface area contributed by atoms with Crippen LogP contribution >= 0.6 is 12.2 Å². The third-order valence-electron chi connectivity index (χ3n) is 7.41. The summed E-state index contributed by atoms with van der Waals surface area (Å²) in [6, 6.07) is 1.09. The maximum absolute atomic E-state index is 5.66. The van der Waals surface area contributed by atoms with Gasteiger partial charge in [0.2, 0.25) is 0 Å². The molecule has 0 aromatic heterocycles. The van der Waals surface area contributed by atoms with Crippen molar-refractivity contribution in [1.82, 2.24) is 15.5 Å². The minimum absolute atomic E-state index is 0.530. The molecule has 1 heterocycles. The maximum atomic E-state index is 5.66. The van der Waals surface area contributed by atoms with E-state index in [1.54, 1.807) is 0 Å². The fraction of sp³-hybridized carbons (Fsp3) is 0.947. The lowest BCUT2D eigenvalue weighted by atomic mass is 9.48. The first-order chi connectivity index (χ1) is 11.0. The average molecular weight is 336 g/mol. The Morgan fingerprint density at radius 3 is 2.09 bits per heavy atom. The van der Waals surface area contributed by atoms with E-state index in [1.807, 2.05) is 0 Å². The lowest BCUT2D eigenvalue weighted by Crippen LogP contribution is -2.58. The Labute approximate surface area is 147 Å². The number of hydrogen-bond donors (Lipinski definition) is 2. The highest BCUT2D eigenvalue weighted by atomic mass is 32.1. The Morgan fingerprint density at radius 1 is 1.04 bits per heavy atom. The summed E-state index contributed by atoms with van der Waals surface area (Å²) in [5.41, 5.74) is 0.535. The van der Waals surface area contributed by atoms with Crippen LogP contribution in [-0.4, -0.2) is 42.2 Å². The zero-order valence-electron chi connectivity index (χ0n) is 14.8. The topological polar surface area (TPSA) is 27.3 Å². The van der Waals surface area contributed by atoms with Crippen molar-refractivity contribution in [3.63, 3.8) is 0 Å². The van der Waals surface area contributed by atoms with Crippen LogP contribution in [0, 0.1) is 23.2 Å². The molecule has 2 N–H and O–H groups in total. The molecule has 5 aliphatic rings. The first kappa shape index (κ1) is 16.1. The predicted molar refractivity (Wildman–Crippen MR) is 99.5 cm³/mol. The average Bonchev–Trinajstić information content (AvgIpc) is 2.48. The molecule has 1 saturated heterocycles. The van der Waals surface area contributed by atoms with Crippen LogP contribution in [0.15, 0.2) is 0 Å². The number of rotatable bonds is 3. The summed E-state index contributed by atoms with van der Waals surface area (Å²) in [4.78, 5) is 2.41. The predicted octanol–water partition coefficient (Wildman–Crippen LogP) is 3.15. The molecule has 5 fully saturated rings. The van der Waals surface area contributed by atoms with E-state index in [1.165, 1.54) is 64.5 Å². The van der Waals surface area contributed by atoms with E-state index in [0.29, 0.717) is 17.5 Å². The Bertz CT molecular complexity index is 420. The lowest BCUT2D eigenvalue weighted by molar-refractivity contribution is -0.0673. The number of nitrogens with zero attached hydrogens (tertiary/aromatic N) is 1. The van der Waals surface area contributed by atoms with Crippen LogP contribution in [-0.2, 0) is 0 Å². The van der Waals surface area contributed by atoms with Crippen LogP contribution in [0.3, 0.4) is 0 Å². The molecule has 4 heteroatoms. The summed E-state index contributed by atoms with van der Waals surface area (Å²) >= 11 is 5.66. The zero-order valence-corrected chi connectivity index (χ0v) is 15.6. The molecule has 0 radical (unpaired) electrons. The minimum atomic E-state index is 0.530. The number of likely N-dealkylation sites (tertiary alicyclic amines) is 1. The van der Waals surface area contributed by atoms with Crippen LogP contribution in [0.2, 0.25) is 0 Å². The molecule has 0 aromatic carbocycles. The molecule has 4 saturated carbocycles. The van der Waals surface area contributed by atoms with Gasteiger partial charge in [-0.15, -0.1) is 0 Å². The molecule has 3 nitrogen and oxygen atoms in total. The van der Waals surface area contributed by atoms with Crippen LogP contribution in [0.4, 0.5) is 0 Å². The molecule has 4 aliphatic carbocycles. The first-order valence-corrected chi connectivity index (χ1v) is 10.2. The SMILES string of the molecule is C[C@H](NC(=S)NC1CCN(C)CC1)C12CC3CC(CC(C3)C1)C2. The number of thiocarbonyl (C=S) groups is 1. The number of hydrogen-bond acceptors (Lipinski definition) is 2. The highest BCUT2D eigenvalue weighted by Gasteiger charge is 2.53. The number of piperidine rings is 1. The molecule has 130 valence electrons. The van der Waals surface area contributed by atoms with Gasteiger partial charge in [-0.3, -0.25) is 0 Å². The number of nitrogens with one attached hydrogen (secondary N) is 2. The summed E-state index contributed by atoms with van der Waals surface area (Å²) in [5, 5.41) is 8.20. The van der Waals surface area contributed by atoms with Crippen molar-refractivity contribution in [3.8, 4) is 0 Å². The van der Waals surface area contributed by atoms with Crippen LogP contribution in [0.5, 0.6) is 0 Å². The van der Waals surface area contributed by atoms with E-state index in [2.05, 4.69) is 29.5 Å². The highest BCUT2D eigenvalue weighted by Crippen LogP contribution is 2.61. The molecular formula is C19H33N3S. The van der Waals surface area contributed by atoms with Crippen molar-refractivity contribution in [1.29, 1.82) is 0 Å². The van der Waals surface area contributed by atoms with Gasteiger partial charge in [-0.2, -0.15) is 0 Å². The lowest BCUT2D eigenvalue weighted by Gasteiger charge is -2.59. The quantitative estimate of drug-likeness (QED) is 0.775. The molecule has 23 heavy (non-hydrogen) atoms. The van der Waals surface area contributed by atoms with Crippen molar-refractivity contribution in [2.45, 2.75) is 70.4 Å². The first-order valence-electron chi connectivity index (χ1n) is 9.78. The fourth-order valence-corrected chi connectivity index (χ4v) is 6.78. The molecule has 4 bridgehead atoms. The van der Waals surface area contributed by atoms with E-state index in [0.717, 1.165) is 22.9 Å². The second kappa shape index (κ2) is 6.18. The van der Waals surface area contributed by atoms with Gasteiger partial charge in [0.15, 0.2) is 5.11 Å². The van der Waals surface area contributed by atoms with Gasteiger partial charge in [0.05, 0.1) is 0 Å². The van der Waals surface area contributed by atoms with Crippen LogP contribution < -0.4 is 10.6 Å². The standard InChI is InChI=1S/C19H33N3S/c1-13(20-18(23)21-17-3-5-22(2)6-4-17)19-10-14-7-15(11-19)9-16(8-14)12-19/h13-17H,3-12H2,1-2H3,(H2,20,21,23)/t13-,14?,15?,16?,19?/m0/s1. The van der Waals surface area contributed by atoms with Crippen molar-refractivity contribution in [2.24, 2.45) is 23.2 Å². The molecule has 0 amide bonds. The Hall–Kier alpha value is -0.350. The summed E-state index contributed by atoms with van der Waals surface area (Å²) in [6.07, 6.45) is 11.3. The second-order valence-corrected chi connectivity index (χ2v) is 9.61. The third-order valence-corrected chi connectivity index (χ3v) is 7.64. The van der Waals surface area contributed by atoms with Crippen molar-refractivity contribution in [3.05, 3.63) is 0 Å². The Kier molecular flexibility index (Phi) is 4.34. The maximum Gasteiger partial charge on any atom is 0.166 e. The van der Waals surface area contributed by atoms with Crippen LogP contribution in [0.1, 0.15) is 58.3 Å². The van der Waals surface area contributed by atoms with Crippen LogP contribution in [0.25, 0.3) is 0 Å². The normalized spacial score (nSPS) is 41.7. The summed E-state index contributed by atoms with van der Waals surface area (Å²) in [5.74, 6) is 3.04. The smallest absolute Gasteiger partial charge is 0.166 e. The van der Waals surface area contributed by atoms with Gasteiger partial charge in [0.1, 0.15) is 0 Å². The van der Waals surface area contributed by atoms with Gasteiger partial charge >= 0.3 is 0 Å². The molecule has 1 aliphatic heterocycles. The fourth-order valence-electron chi connectivity index (χ4n) is 6.44. The van der Waals surface area contributed by atoms with E-state index in [4.69, 9.17) is 12.2 Å². The van der Waals surface area contributed by atoms with Gasteiger partial charge in [-0.25, -0.2) is 0 Å². The van der Waals surface area contributed by atoms with Crippen molar-refractivity contribution >= 4 is 17.3 Å². The Balaban J connectivity index is 1.33. The van der Waals surface area contributed by atoms with E-state index >= 15 is 0 Å². The van der Waals surface area contributed by atoms with Gasteiger partial charge in [-0.1, -0.05) is 0 Å². The van der Waals surface area contributed by atoms with Gasteiger partial charge in [0, 0.05) is 12.1 Å². The summed E-state index contributed by atoms with van der Waals surface area (Å²) in [6.45, 7) is 4.77. The molecular weight excluding hydrogens is 302 g/mol. The summed E-state index contributed by atoms with van der Waals surface area (Å²) < 4.78 is 0. The monoisotopic (exact) mass is 335 g/mol. The largest absolute Gasteiger partial charge is 0.360 e. The second-order valence-electron chi connectivity index (χ2n) is 9.20. The Morgan fingerprint density at radius 2 is 1.57 bits per heavy atom. The molecule has 5 rings (SSSR count). The van der Waals surface area contributed by atoms with E-state index in [-0.39, 0.29) is 0 Å². The summed E-state index contributed by atoms with van der Waals surface area (Å²) in [7, 11) is 2.21. The van der Waals surface area contributed by atoms with Crippen molar-refractivity contribution in [2.75, 3.05) is 20.1 Å². The highest BCUT2D eigenvalue weighted by molar-refractivity contribution is 7.80. The van der Waals surface area contributed by atoms with Crippen molar-refractivity contribution < 1.29 is 0 Å². The van der Waals surface area contributed by atoms with E-state index < -0.39 is 0 Å². The molecule has 0 spiro atoms.